The Labute approximate surface area is 198 Å². The third kappa shape index (κ3) is 4.67. The smallest absolute Gasteiger partial charge is 0.315 e. The number of rotatable bonds is 6. The number of ketones is 1. The highest BCUT2D eigenvalue weighted by Crippen LogP contribution is 2.45. The third-order valence-corrected chi connectivity index (χ3v) is 6.40. The van der Waals surface area contributed by atoms with Gasteiger partial charge < -0.3 is 14.2 Å². The zero-order valence-corrected chi connectivity index (χ0v) is 19.6. The molecule has 2 aromatic rings. The monoisotopic (exact) mass is 467 g/mol. The predicted octanol–water partition coefficient (Wildman–Crippen LogP) is 5.28. The second kappa shape index (κ2) is 9.79. The number of hydrogen-bond acceptors (Lipinski definition) is 6. The van der Waals surface area contributed by atoms with Crippen LogP contribution in [-0.2, 0) is 20.9 Å². The molecule has 1 heterocycles. The van der Waals surface area contributed by atoms with Crippen LogP contribution < -0.4 is 9.47 Å². The van der Waals surface area contributed by atoms with Gasteiger partial charge in [-0.25, -0.2) is 0 Å². The van der Waals surface area contributed by atoms with Crippen molar-refractivity contribution in [3.63, 3.8) is 0 Å². The summed E-state index contributed by atoms with van der Waals surface area (Å²) in [5.41, 5.74) is 3.80. The van der Waals surface area contributed by atoms with Gasteiger partial charge in [-0.2, -0.15) is 0 Å². The van der Waals surface area contributed by atoms with Gasteiger partial charge in [0.2, 0.25) is 0 Å². The fraction of sp³-hybridized carbons (Fsp3) is 0.346. The molecular formula is C26H26ClNO5. The second-order valence-corrected chi connectivity index (χ2v) is 8.63. The van der Waals surface area contributed by atoms with E-state index in [1.54, 1.807) is 7.11 Å². The number of hydrogen-bond donors (Lipinski definition) is 0. The van der Waals surface area contributed by atoms with E-state index in [0.717, 1.165) is 29.7 Å². The minimum Gasteiger partial charge on any atom is -0.493 e. The van der Waals surface area contributed by atoms with Crippen molar-refractivity contribution in [1.82, 2.24) is 0 Å². The van der Waals surface area contributed by atoms with Crippen molar-refractivity contribution in [2.75, 3.05) is 14.2 Å². The number of Topliss-reactive ketones (excluding diaryl/α,β-unsaturated/α-hetero) is 1. The summed E-state index contributed by atoms with van der Waals surface area (Å²) < 4.78 is 16.7. The lowest BCUT2D eigenvalue weighted by Crippen LogP contribution is -2.36. The Morgan fingerprint density at radius 2 is 1.85 bits per heavy atom. The molecule has 7 heteroatoms. The fourth-order valence-electron chi connectivity index (χ4n) is 4.54. The maximum Gasteiger partial charge on any atom is 0.315 e. The molecule has 2 atom stereocenters. The fourth-order valence-corrected chi connectivity index (χ4v) is 4.66. The van der Waals surface area contributed by atoms with Crippen LogP contribution in [0.3, 0.4) is 0 Å². The molecule has 1 aliphatic heterocycles. The van der Waals surface area contributed by atoms with Crippen molar-refractivity contribution in [2.45, 2.75) is 38.7 Å². The quantitative estimate of drug-likeness (QED) is 0.540. The highest BCUT2D eigenvalue weighted by molar-refractivity contribution is 6.30. The average Bonchev–Trinajstić information content (AvgIpc) is 2.82. The van der Waals surface area contributed by atoms with Gasteiger partial charge in [0.15, 0.2) is 17.3 Å². The summed E-state index contributed by atoms with van der Waals surface area (Å²) in [4.78, 5) is 30.3. The summed E-state index contributed by atoms with van der Waals surface area (Å²) in [6.07, 6.45) is 1.95. The molecule has 2 aliphatic rings. The molecule has 0 aromatic heterocycles. The number of carbonyl (C=O) groups excluding carboxylic acids is 2. The summed E-state index contributed by atoms with van der Waals surface area (Å²) in [5, 5.41) is 0.665. The summed E-state index contributed by atoms with van der Waals surface area (Å²) in [7, 11) is 2.92. The standard InChI is InChI=1S/C26H26ClNO5/c1-15-23(26(30)32-3)24(25-19(28-15)5-4-6-20(25)29)17-9-12-21(22(13-17)31-2)33-14-16-7-10-18(27)11-8-16/h7-13,23-24H,4-6,14H2,1-3H3/t23?,24-/m0/s1. The normalized spacial score (nSPS) is 20.1. The molecule has 0 saturated heterocycles. The lowest BCUT2D eigenvalue weighted by Gasteiger charge is -2.34. The number of carbonyl (C=O) groups is 2. The topological polar surface area (TPSA) is 74.2 Å². The summed E-state index contributed by atoms with van der Waals surface area (Å²) in [6.45, 7) is 2.17. The molecule has 0 bridgehead atoms. The SMILES string of the molecule is COC(=O)C1C(C)=NC2=C(C(=O)CCC2)[C@H]1c1ccc(OCc2ccc(Cl)cc2)c(OC)c1. The van der Waals surface area contributed by atoms with Crippen LogP contribution in [0, 0.1) is 5.92 Å². The molecule has 172 valence electrons. The molecule has 1 unspecified atom stereocenters. The van der Waals surface area contributed by atoms with E-state index in [2.05, 4.69) is 4.99 Å². The summed E-state index contributed by atoms with van der Waals surface area (Å²) in [5.74, 6) is -0.424. The predicted molar refractivity (Wildman–Crippen MR) is 126 cm³/mol. The van der Waals surface area contributed by atoms with E-state index in [4.69, 9.17) is 25.8 Å². The Morgan fingerprint density at radius 1 is 1.09 bits per heavy atom. The zero-order valence-electron chi connectivity index (χ0n) is 18.9. The number of esters is 1. The molecule has 33 heavy (non-hydrogen) atoms. The van der Waals surface area contributed by atoms with Gasteiger partial charge in [-0.15, -0.1) is 0 Å². The van der Waals surface area contributed by atoms with Gasteiger partial charge >= 0.3 is 5.97 Å². The molecular weight excluding hydrogens is 442 g/mol. The van der Waals surface area contributed by atoms with Crippen LogP contribution in [0.5, 0.6) is 11.5 Å². The van der Waals surface area contributed by atoms with Crippen molar-refractivity contribution < 1.29 is 23.8 Å². The first-order chi connectivity index (χ1) is 15.9. The Balaban J connectivity index is 1.70. The summed E-state index contributed by atoms with van der Waals surface area (Å²) >= 11 is 5.95. The molecule has 6 nitrogen and oxygen atoms in total. The average molecular weight is 468 g/mol. The van der Waals surface area contributed by atoms with E-state index < -0.39 is 17.8 Å². The van der Waals surface area contributed by atoms with Gasteiger partial charge in [0.05, 0.1) is 14.2 Å². The van der Waals surface area contributed by atoms with Gasteiger partial charge in [0.25, 0.3) is 0 Å². The minimum atomic E-state index is -0.665. The second-order valence-electron chi connectivity index (χ2n) is 8.19. The number of benzene rings is 2. The summed E-state index contributed by atoms with van der Waals surface area (Å²) in [6, 6.07) is 13.0. The highest BCUT2D eigenvalue weighted by atomic mass is 35.5. The lowest BCUT2D eigenvalue weighted by molar-refractivity contribution is -0.143. The molecule has 2 aromatic carbocycles. The van der Waals surface area contributed by atoms with E-state index in [1.807, 2.05) is 49.4 Å². The first kappa shape index (κ1) is 23.1. The van der Waals surface area contributed by atoms with Crippen LogP contribution in [0.25, 0.3) is 0 Å². The number of halogens is 1. The molecule has 0 N–H and O–H groups in total. The van der Waals surface area contributed by atoms with E-state index in [9.17, 15) is 9.59 Å². The first-order valence-electron chi connectivity index (χ1n) is 10.9. The van der Waals surface area contributed by atoms with E-state index >= 15 is 0 Å². The maximum atomic E-state index is 12.9. The number of nitrogens with zero attached hydrogens (tertiary/aromatic N) is 1. The molecule has 0 radical (unpaired) electrons. The molecule has 0 spiro atoms. The first-order valence-corrected chi connectivity index (χ1v) is 11.2. The maximum absolute atomic E-state index is 12.9. The van der Waals surface area contributed by atoms with Crippen molar-refractivity contribution in [3.05, 3.63) is 69.9 Å². The Morgan fingerprint density at radius 3 is 2.55 bits per heavy atom. The van der Waals surface area contributed by atoms with Crippen molar-refractivity contribution in [3.8, 4) is 11.5 Å². The Kier molecular flexibility index (Phi) is 6.84. The third-order valence-electron chi connectivity index (χ3n) is 6.14. The largest absolute Gasteiger partial charge is 0.493 e. The van der Waals surface area contributed by atoms with E-state index in [1.165, 1.54) is 7.11 Å². The van der Waals surface area contributed by atoms with Crippen LogP contribution in [0.4, 0.5) is 0 Å². The molecule has 0 fully saturated rings. The molecule has 4 rings (SSSR count). The molecule has 1 aliphatic carbocycles. The van der Waals surface area contributed by atoms with Crippen molar-refractivity contribution >= 4 is 29.1 Å². The number of methoxy groups -OCH3 is 2. The Bertz CT molecular complexity index is 1140. The van der Waals surface area contributed by atoms with E-state index in [0.29, 0.717) is 40.8 Å². The highest BCUT2D eigenvalue weighted by Gasteiger charge is 2.43. The molecule has 0 amide bonds. The molecule has 0 saturated carbocycles. The number of ether oxygens (including phenoxy) is 3. The van der Waals surface area contributed by atoms with Gasteiger partial charge in [0, 0.05) is 34.3 Å². The number of aliphatic imine (C=N–C) groups is 1. The van der Waals surface area contributed by atoms with Crippen LogP contribution in [0.2, 0.25) is 5.02 Å². The number of allylic oxidation sites excluding steroid dienone is 2. The van der Waals surface area contributed by atoms with Crippen molar-refractivity contribution in [2.24, 2.45) is 10.9 Å². The van der Waals surface area contributed by atoms with Gasteiger partial charge in [-0.05, 0) is 55.2 Å². The van der Waals surface area contributed by atoms with Gasteiger partial charge in [-0.1, -0.05) is 29.8 Å². The van der Waals surface area contributed by atoms with Crippen molar-refractivity contribution in [1.29, 1.82) is 0 Å². The van der Waals surface area contributed by atoms with Crippen LogP contribution in [-0.4, -0.2) is 31.7 Å². The lowest BCUT2D eigenvalue weighted by atomic mass is 9.71. The van der Waals surface area contributed by atoms with Crippen LogP contribution >= 0.6 is 11.6 Å². The Hall–Kier alpha value is -3.12. The van der Waals surface area contributed by atoms with Gasteiger partial charge in [0.1, 0.15) is 12.5 Å². The zero-order chi connectivity index (χ0) is 23.5. The van der Waals surface area contributed by atoms with Crippen LogP contribution in [0.1, 0.15) is 43.2 Å². The van der Waals surface area contributed by atoms with E-state index in [-0.39, 0.29) is 5.78 Å². The van der Waals surface area contributed by atoms with Crippen LogP contribution in [0.15, 0.2) is 58.7 Å². The van der Waals surface area contributed by atoms with Gasteiger partial charge in [-0.3, -0.25) is 14.6 Å². The minimum absolute atomic E-state index is 0.0356.